The maximum atomic E-state index is 10.6. The van der Waals surface area contributed by atoms with Crippen LogP contribution in [0.2, 0.25) is 0 Å². The Morgan fingerprint density at radius 2 is 1.35 bits per heavy atom. The average Bonchev–Trinajstić information content (AvgIpc) is 0.757. The zero-order valence-electron chi connectivity index (χ0n) is 68.5. The van der Waals surface area contributed by atoms with Crippen molar-refractivity contribution < 1.29 is 67.4 Å². The van der Waals surface area contributed by atoms with E-state index in [4.69, 9.17) is 17.9 Å². The normalized spacial score (nSPS) is 25.4. The van der Waals surface area contributed by atoms with Gasteiger partial charge in [-0.3, -0.25) is 4.57 Å². The van der Waals surface area contributed by atoms with E-state index < -0.39 is 162 Å². The summed E-state index contributed by atoms with van der Waals surface area (Å²) < 4.78 is 267. The van der Waals surface area contributed by atoms with Crippen molar-refractivity contribution in [2.45, 2.75) is 102 Å². The van der Waals surface area contributed by atoms with E-state index in [0.29, 0.717) is 36.2 Å². The van der Waals surface area contributed by atoms with E-state index in [-0.39, 0.29) is 83.0 Å². The maximum absolute atomic E-state index is 10.6. The van der Waals surface area contributed by atoms with E-state index in [2.05, 4.69) is 39.2 Å². The molecule has 5 aliphatic rings. The van der Waals surface area contributed by atoms with E-state index in [1.165, 1.54) is 27.3 Å². The number of para-hydroxylation sites is 2. The molecule has 11 aromatic rings. The van der Waals surface area contributed by atoms with Crippen LogP contribution in [-0.2, 0) is 42.7 Å². The van der Waals surface area contributed by atoms with Crippen LogP contribution in [0.15, 0.2) is 170 Å². The van der Waals surface area contributed by atoms with Crippen LogP contribution in [0.1, 0.15) is 139 Å². The second kappa shape index (κ2) is 17.1. The van der Waals surface area contributed by atoms with Gasteiger partial charge in [0.25, 0.3) is 6.33 Å². The third-order valence-electron chi connectivity index (χ3n) is 15.7. The molecule has 2 bridgehead atoms. The van der Waals surface area contributed by atoms with Crippen molar-refractivity contribution in [2.75, 3.05) is 0 Å². The zero-order chi connectivity index (χ0) is 74.6. The molecule has 0 N–H and O–H groups in total. The Labute approximate surface area is 504 Å². The van der Waals surface area contributed by atoms with E-state index in [9.17, 15) is 28.8 Å². The molecule has 3 aromatic heterocycles. The number of fused-ring (bicyclic) bond motifs is 11. The molecule has 3 saturated carbocycles. The first-order valence-electron chi connectivity index (χ1n) is 38.5. The SMILES string of the molecule is [2H]c1c([2H])c([2H])c2c(c1[2H])-c1cc(C34CC(C3)C4)cc(-c3c([2H])c([2H])c4c(c3[2H])C(C([2H])([2H])[2H])(C([2H])([2H])[2H])C([2H])([2H])C([2H])([2H])C4(C([2H])([2H])[2H])C([2H])([2H])[2H])c1-[n+]1[c-]n(-c3[c-]c(Oc4[c-]c5c(cc4)c4ccccc4n5-c4cc(C(C)(C)C)ccn4)ccc3)c3cccc(c31)-c1c([2H])c([2H])c([2H])c([2H])c1-2.[Pt]. The van der Waals surface area contributed by atoms with Crippen molar-refractivity contribution in [1.82, 2.24) is 14.1 Å². The number of rotatable bonds is 6. The van der Waals surface area contributed by atoms with Crippen LogP contribution in [0.4, 0.5) is 0 Å². The largest absolute Gasteiger partial charge is 0.510 e. The van der Waals surface area contributed by atoms with Gasteiger partial charge < -0.3 is 13.9 Å². The number of ether oxygens (including phenoxy) is 1. The van der Waals surface area contributed by atoms with Crippen LogP contribution in [-0.4, -0.2) is 14.1 Å². The summed E-state index contributed by atoms with van der Waals surface area (Å²) >= 11 is 0. The van der Waals surface area contributed by atoms with Crippen LogP contribution in [0.3, 0.4) is 0 Å². The molecule has 16 rings (SSSR count). The van der Waals surface area contributed by atoms with E-state index in [0.717, 1.165) is 21.9 Å². The first-order chi connectivity index (χ1) is 47.8. The summed E-state index contributed by atoms with van der Waals surface area (Å²) in [6.45, 7) is -11.2. The number of benzene rings is 8. The van der Waals surface area contributed by atoms with Crippen molar-refractivity contribution in [1.29, 1.82) is 0 Å². The molecule has 3 fully saturated rings. The zero-order valence-corrected chi connectivity index (χ0v) is 43.8. The average molecular weight is 1210 g/mol. The maximum Gasteiger partial charge on any atom is 0.268 e. The molecule has 382 valence electrons. The Morgan fingerprint density at radius 1 is 0.675 bits per heavy atom. The second-order valence-electron chi connectivity index (χ2n) is 21.5. The fourth-order valence-electron chi connectivity index (χ4n) is 11.8. The monoisotopic (exact) mass is 1210 g/mol. The minimum atomic E-state index is -4.68. The van der Waals surface area contributed by atoms with Gasteiger partial charge in [0.2, 0.25) is 0 Å². The van der Waals surface area contributed by atoms with Gasteiger partial charge in [0, 0.05) is 66.2 Å². The topological polar surface area (TPSA) is 35.9 Å². The summed E-state index contributed by atoms with van der Waals surface area (Å²) in [4.78, 5) is 4.80. The van der Waals surface area contributed by atoms with Crippen molar-refractivity contribution in [2.24, 2.45) is 5.92 Å². The Morgan fingerprint density at radius 3 is 2.08 bits per heavy atom. The van der Waals surface area contributed by atoms with Gasteiger partial charge >= 0.3 is 0 Å². The van der Waals surface area contributed by atoms with E-state index in [1.807, 2.05) is 47.0 Å². The first-order valence-corrected chi connectivity index (χ1v) is 25.0. The van der Waals surface area contributed by atoms with E-state index in [1.54, 1.807) is 42.6 Å². The number of hydrogen-bond donors (Lipinski definition) is 0. The molecule has 77 heavy (non-hydrogen) atoms. The summed E-state index contributed by atoms with van der Waals surface area (Å²) in [6, 6.07) is 23.9. The Kier molecular flexibility index (Phi) is 6.06. The minimum Gasteiger partial charge on any atom is -0.510 e. The van der Waals surface area contributed by atoms with Gasteiger partial charge in [-0.15, -0.1) is 29.7 Å². The third kappa shape index (κ3) is 7.36. The first kappa shape index (κ1) is 27.3. The van der Waals surface area contributed by atoms with Gasteiger partial charge in [0.05, 0.1) is 31.8 Å². The molecule has 0 spiro atoms. The number of hydrogen-bond acceptors (Lipinski definition) is 2. The molecule has 4 heterocycles. The molecule has 0 atom stereocenters. The van der Waals surface area contributed by atoms with Crippen molar-refractivity contribution >= 4 is 32.8 Å². The molecule has 1 aliphatic heterocycles. The summed E-state index contributed by atoms with van der Waals surface area (Å²) in [5.74, 6) is 1.13. The second-order valence-corrected chi connectivity index (χ2v) is 21.5. The molecule has 6 heteroatoms. The summed E-state index contributed by atoms with van der Waals surface area (Å²) in [5, 5.41) is 1.76. The number of nitrogens with zero attached hydrogens (tertiary/aromatic N) is 4. The number of imidazole rings is 1. The molecule has 0 amide bonds. The Hall–Kier alpha value is -7.33. The fourth-order valence-corrected chi connectivity index (χ4v) is 11.8. The van der Waals surface area contributed by atoms with Crippen LogP contribution < -0.4 is 9.30 Å². The summed E-state index contributed by atoms with van der Waals surface area (Å²) in [5.41, 5.74) is -14.2. The smallest absolute Gasteiger partial charge is 0.268 e. The van der Waals surface area contributed by atoms with Crippen LogP contribution in [0, 0.1) is 24.4 Å². The van der Waals surface area contributed by atoms with Crippen LogP contribution in [0.25, 0.3) is 94.5 Å². The van der Waals surface area contributed by atoms with Crippen molar-refractivity contribution in [3.8, 4) is 73.2 Å². The van der Waals surface area contributed by atoms with E-state index >= 15 is 0 Å². The quantitative estimate of drug-likeness (QED) is 0.123. The molecule has 0 radical (unpaired) electrons. The molecular formula is C71H60N4OPt-2. The number of pyridine rings is 1. The minimum absolute atomic E-state index is 0. The molecule has 0 unspecified atom stereocenters. The number of aromatic nitrogens is 4. The predicted octanol–water partition coefficient (Wildman–Crippen LogP) is 17.3. The summed E-state index contributed by atoms with van der Waals surface area (Å²) in [6.07, 6.45) is -2.75. The predicted molar refractivity (Wildman–Crippen MR) is 308 cm³/mol. The fraction of sp³-hybridized carbons (Fsp3) is 0.239. The van der Waals surface area contributed by atoms with Gasteiger partial charge in [-0.2, -0.15) is 18.2 Å². The van der Waals surface area contributed by atoms with Gasteiger partial charge in [-0.05, 0) is 156 Å². The Balaban J connectivity index is 0.00000913. The third-order valence-corrected chi connectivity index (χ3v) is 15.7. The molecule has 8 aromatic carbocycles. The van der Waals surface area contributed by atoms with Crippen molar-refractivity contribution in [3.05, 3.63) is 210 Å². The van der Waals surface area contributed by atoms with Gasteiger partial charge in [-0.25, -0.2) is 4.98 Å². The van der Waals surface area contributed by atoms with Crippen LogP contribution in [0.5, 0.6) is 11.5 Å². The molecule has 0 saturated heterocycles. The molecule has 4 aliphatic carbocycles. The van der Waals surface area contributed by atoms with Crippen LogP contribution >= 0.6 is 0 Å². The van der Waals surface area contributed by atoms with Gasteiger partial charge in [0.1, 0.15) is 5.82 Å². The van der Waals surface area contributed by atoms with Crippen molar-refractivity contribution in [3.63, 3.8) is 0 Å². The van der Waals surface area contributed by atoms with Gasteiger partial charge in [0.15, 0.2) is 0 Å². The van der Waals surface area contributed by atoms with Gasteiger partial charge in [-0.1, -0.05) is 169 Å². The summed E-state index contributed by atoms with van der Waals surface area (Å²) in [7, 11) is 0. The molecule has 5 nitrogen and oxygen atoms in total. The molecular weight excluding hydrogens is 1120 g/mol. The Bertz CT molecular complexity index is 5540. The standard InChI is InChI=1S/C71H60N4O.Pt/c1-68(2,3)46-30-33-72-65(37-46)75-62-24-13-12-22-55(62)56-28-27-50(39-64(56)75)76-49-17-14-16-48(38-49)73-43-74-66-58(45-26-29-60-61(34-45)70(6,7)32-31-69(60,4)5)35-47(71-40-44(41-71)42-71)36-59(66)54-21-11-9-19-52(54)51-18-8-10-20-53(51)57-23-15-25-63(73)67(57)74;/h8-30,33-37,44H,31-32,40-42H2,1-7H3;/q-2;/i4D3,5D3,6D3,7D3,8D,9D,10D,11D,18D,19D,20D,21D,26D,29D,31D2,32D2,34D;.